The molecule has 0 saturated heterocycles. The Morgan fingerprint density at radius 3 is 2.38 bits per heavy atom. The second-order valence-corrected chi connectivity index (χ2v) is 5.53. The van der Waals surface area contributed by atoms with Crippen LogP contribution in [-0.4, -0.2) is 4.98 Å². The van der Waals surface area contributed by atoms with Crippen LogP contribution < -0.4 is 10.5 Å². The molecule has 0 aliphatic heterocycles. The zero-order chi connectivity index (χ0) is 18.7. The van der Waals surface area contributed by atoms with Gasteiger partial charge in [0.15, 0.2) is 11.6 Å². The fraction of sp³-hybridized carbons (Fsp3) is 0.105. The molecule has 3 rings (SSSR count). The molecular formula is C19H14F4N2O. The number of halogens is 4. The number of alkyl halides is 3. The largest absolute Gasteiger partial charge is 0.485 e. The van der Waals surface area contributed by atoms with E-state index in [1.807, 2.05) is 30.3 Å². The first kappa shape index (κ1) is 17.7. The van der Waals surface area contributed by atoms with Gasteiger partial charge in [0.25, 0.3) is 0 Å². The van der Waals surface area contributed by atoms with Gasteiger partial charge in [0.05, 0.1) is 5.56 Å². The average Bonchev–Trinajstić information content (AvgIpc) is 2.60. The Labute approximate surface area is 147 Å². The Hall–Kier alpha value is -3.09. The molecule has 0 aliphatic rings. The Balaban J connectivity index is 1.89. The van der Waals surface area contributed by atoms with Gasteiger partial charge >= 0.3 is 6.18 Å². The van der Waals surface area contributed by atoms with Crippen molar-refractivity contribution in [2.24, 2.45) is 0 Å². The van der Waals surface area contributed by atoms with E-state index in [2.05, 4.69) is 4.98 Å². The molecule has 0 aliphatic carbocycles. The van der Waals surface area contributed by atoms with Crippen molar-refractivity contribution in [3.8, 4) is 16.9 Å². The van der Waals surface area contributed by atoms with Crippen molar-refractivity contribution in [1.82, 2.24) is 4.98 Å². The number of hydrogen-bond donors (Lipinski definition) is 1. The van der Waals surface area contributed by atoms with Crippen LogP contribution in [0.1, 0.15) is 11.1 Å². The highest BCUT2D eigenvalue weighted by Gasteiger charge is 2.36. The third-order valence-electron chi connectivity index (χ3n) is 3.76. The van der Waals surface area contributed by atoms with Crippen LogP contribution in [0.25, 0.3) is 11.1 Å². The summed E-state index contributed by atoms with van der Waals surface area (Å²) in [5.74, 6) is -1.18. The zero-order valence-electron chi connectivity index (χ0n) is 13.4. The fourth-order valence-electron chi connectivity index (χ4n) is 2.52. The van der Waals surface area contributed by atoms with Crippen LogP contribution in [-0.2, 0) is 12.8 Å². The predicted molar refractivity (Wildman–Crippen MR) is 89.8 cm³/mol. The molecule has 2 aromatic carbocycles. The van der Waals surface area contributed by atoms with Gasteiger partial charge in [0, 0.05) is 17.3 Å². The van der Waals surface area contributed by atoms with E-state index in [0.717, 1.165) is 17.7 Å². The molecular weight excluding hydrogens is 348 g/mol. The first-order chi connectivity index (χ1) is 12.4. The number of benzene rings is 2. The number of nitrogen functional groups attached to an aromatic ring is 1. The third-order valence-corrected chi connectivity index (χ3v) is 3.76. The molecule has 3 aromatic rings. The van der Waals surface area contributed by atoms with Crippen molar-refractivity contribution in [3.05, 3.63) is 77.7 Å². The summed E-state index contributed by atoms with van der Waals surface area (Å²) in [4.78, 5) is 4.01. The van der Waals surface area contributed by atoms with E-state index in [1.54, 1.807) is 12.3 Å². The van der Waals surface area contributed by atoms with Gasteiger partial charge in [-0.15, -0.1) is 0 Å². The van der Waals surface area contributed by atoms with E-state index in [0.29, 0.717) is 5.56 Å². The molecule has 26 heavy (non-hydrogen) atoms. The number of aromatic nitrogens is 1. The standard InChI is InChI=1S/C19H14F4N2O/c20-15-8-4-7-13(17(15)19(21,22)23)11-26-16-9-14(10-25-18(16)24)12-5-2-1-3-6-12/h1-10H,11H2,(H2,24,25). The minimum Gasteiger partial charge on any atom is -0.485 e. The summed E-state index contributed by atoms with van der Waals surface area (Å²) in [5, 5.41) is 0. The summed E-state index contributed by atoms with van der Waals surface area (Å²) < 4.78 is 58.2. The number of nitrogens with zero attached hydrogens (tertiary/aromatic N) is 1. The van der Waals surface area contributed by atoms with E-state index in [-0.39, 0.29) is 17.1 Å². The second-order valence-electron chi connectivity index (χ2n) is 5.53. The van der Waals surface area contributed by atoms with E-state index in [1.165, 1.54) is 6.07 Å². The third kappa shape index (κ3) is 3.77. The van der Waals surface area contributed by atoms with Gasteiger partial charge in [0.2, 0.25) is 0 Å². The van der Waals surface area contributed by atoms with Crippen LogP contribution in [0.3, 0.4) is 0 Å². The van der Waals surface area contributed by atoms with Gasteiger partial charge in [-0.25, -0.2) is 9.37 Å². The Morgan fingerprint density at radius 2 is 1.69 bits per heavy atom. The normalized spacial score (nSPS) is 11.4. The molecule has 3 nitrogen and oxygen atoms in total. The minimum atomic E-state index is -4.82. The number of hydrogen-bond acceptors (Lipinski definition) is 3. The monoisotopic (exact) mass is 362 g/mol. The van der Waals surface area contributed by atoms with Crippen LogP contribution >= 0.6 is 0 Å². The summed E-state index contributed by atoms with van der Waals surface area (Å²) in [6, 6.07) is 14.0. The Kier molecular flexibility index (Phi) is 4.79. The van der Waals surface area contributed by atoms with Crippen molar-refractivity contribution in [2.45, 2.75) is 12.8 Å². The van der Waals surface area contributed by atoms with Crippen LogP contribution in [0.4, 0.5) is 23.4 Å². The molecule has 0 radical (unpaired) electrons. The molecule has 0 bridgehead atoms. The van der Waals surface area contributed by atoms with Gasteiger partial charge in [-0.1, -0.05) is 42.5 Å². The topological polar surface area (TPSA) is 48.1 Å². The van der Waals surface area contributed by atoms with E-state index in [4.69, 9.17) is 10.5 Å². The van der Waals surface area contributed by atoms with Crippen LogP contribution in [0.2, 0.25) is 0 Å². The van der Waals surface area contributed by atoms with Crippen LogP contribution in [0, 0.1) is 5.82 Å². The maximum absolute atomic E-state index is 13.6. The summed E-state index contributed by atoms with van der Waals surface area (Å²) in [5.41, 5.74) is 5.65. The van der Waals surface area contributed by atoms with E-state index in [9.17, 15) is 17.6 Å². The molecule has 2 N–H and O–H groups in total. The quantitative estimate of drug-likeness (QED) is 0.660. The van der Waals surface area contributed by atoms with Crippen molar-refractivity contribution in [1.29, 1.82) is 0 Å². The number of nitrogens with two attached hydrogens (primary N) is 1. The summed E-state index contributed by atoms with van der Waals surface area (Å²) >= 11 is 0. The minimum absolute atomic E-state index is 0.0367. The lowest BCUT2D eigenvalue weighted by atomic mass is 10.1. The number of anilines is 1. The first-order valence-corrected chi connectivity index (χ1v) is 7.64. The zero-order valence-corrected chi connectivity index (χ0v) is 13.4. The van der Waals surface area contributed by atoms with Crippen molar-refractivity contribution in [3.63, 3.8) is 0 Å². The molecule has 0 fully saturated rings. The molecule has 0 amide bonds. The molecule has 0 saturated carbocycles. The van der Waals surface area contributed by atoms with Crippen molar-refractivity contribution < 1.29 is 22.3 Å². The smallest absolute Gasteiger partial charge is 0.419 e. The Bertz CT molecular complexity index is 911. The fourth-order valence-corrected chi connectivity index (χ4v) is 2.52. The SMILES string of the molecule is Nc1ncc(-c2ccccc2)cc1OCc1cccc(F)c1C(F)(F)F. The lowest BCUT2D eigenvalue weighted by molar-refractivity contribution is -0.141. The second kappa shape index (κ2) is 7.03. The highest BCUT2D eigenvalue weighted by Crippen LogP contribution is 2.35. The van der Waals surface area contributed by atoms with E-state index < -0.39 is 24.2 Å². The average molecular weight is 362 g/mol. The van der Waals surface area contributed by atoms with Crippen LogP contribution in [0.5, 0.6) is 5.75 Å². The highest BCUT2D eigenvalue weighted by molar-refractivity contribution is 5.66. The lowest BCUT2D eigenvalue weighted by Crippen LogP contribution is -2.14. The molecule has 0 spiro atoms. The van der Waals surface area contributed by atoms with Gasteiger partial charge in [-0.2, -0.15) is 13.2 Å². The summed E-state index contributed by atoms with van der Waals surface area (Å²) in [6.07, 6.45) is -3.28. The maximum atomic E-state index is 13.6. The predicted octanol–water partition coefficient (Wildman–Crippen LogP) is 5.07. The molecule has 134 valence electrons. The number of pyridine rings is 1. The van der Waals surface area contributed by atoms with Crippen LogP contribution in [0.15, 0.2) is 60.8 Å². The number of ether oxygens (including phenoxy) is 1. The lowest BCUT2D eigenvalue weighted by Gasteiger charge is -2.15. The summed E-state index contributed by atoms with van der Waals surface area (Å²) in [7, 11) is 0. The van der Waals surface area contributed by atoms with E-state index >= 15 is 0 Å². The van der Waals surface area contributed by atoms with Crippen molar-refractivity contribution in [2.75, 3.05) is 5.73 Å². The molecule has 1 aromatic heterocycles. The molecule has 1 heterocycles. The van der Waals surface area contributed by atoms with Gasteiger partial charge in [-0.05, 0) is 17.7 Å². The Morgan fingerprint density at radius 1 is 0.962 bits per heavy atom. The molecule has 0 unspecified atom stereocenters. The summed E-state index contributed by atoms with van der Waals surface area (Å²) in [6.45, 7) is -0.489. The maximum Gasteiger partial charge on any atom is 0.419 e. The molecule has 0 atom stereocenters. The first-order valence-electron chi connectivity index (χ1n) is 7.64. The van der Waals surface area contributed by atoms with Gasteiger partial charge < -0.3 is 10.5 Å². The highest BCUT2D eigenvalue weighted by atomic mass is 19.4. The number of rotatable bonds is 4. The van der Waals surface area contributed by atoms with Crippen molar-refractivity contribution >= 4 is 5.82 Å². The van der Waals surface area contributed by atoms with Gasteiger partial charge in [-0.3, -0.25) is 0 Å². The van der Waals surface area contributed by atoms with Gasteiger partial charge in [0.1, 0.15) is 12.4 Å². The molecule has 7 heteroatoms.